The van der Waals surface area contributed by atoms with Gasteiger partial charge >= 0.3 is 5.97 Å². The maximum absolute atomic E-state index is 11.8. The van der Waals surface area contributed by atoms with Crippen molar-refractivity contribution >= 4 is 29.4 Å². The summed E-state index contributed by atoms with van der Waals surface area (Å²) in [6, 6.07) is 1.52. The van der Waals surface area contributed by atoms with Crippen molar-refractivity contribution < 1.29 is 19.5 Å². The van der Waals surface area contributed by atoms with E-state index in [1.165, 1.54) is 18.3 Å². The molecule has 0 spiro atoms. The highest BCUT2D eigenvalue weighted by atomic mass is 35.5. The fraction of sp³-hybridized carbons (Fsp3) is 0.273. The highest BCUT2D eigenvalue weighted by Crippen LogP contribution is 2.08. The molecule has 7 nitrogen and oxygen atoms in total. The van der Waals surface area contributed by atoms with Gasteiger partial charge in [0.2, 0.25) is 5.91 Å². The number of nitrogens with one attached hydrogen (secondary N) is 1. The van der Waals surface area contributed by atoms with Gasteiger partial charge in [0.05, 0.1) is 0 Å². The van der Waals surface area contributed by atoms with Crippen molar-refractivity contribution in [2.24, 2.45) is 5.73 Å². The van der Waals surface area contributed by atoms with Gasteiger partial charge in [-0.2, -0.15) is 0 Å². The van der Waals surface area contributed by atoms with Crippen molar-refractivity contribution in [3.8, 4) is 0 Å². The molecular formula is C11H12ClN3O4. The van der Waals surface area contributed by atoms with Gasteiger partial charge in [-0.3, -0.25) is 9.59 Å². The lowest BCUT2D eigenvalue weighted by atomic mass is 10.1. The molecule has 2 amide bonds. The molecule has 1 unspecified atom stereocenters. The predicted molar refractivity (Wildman–Crippen MR) is 66.6 cm³/mol. The Hall–Kier alpha value is -2.15. The number of aliphatic carboxylic acids is 1. The van der Waals surface area contributed by atoms with E-state index < -0.39 is 23.8 Å². The van der Waals surface area contributed by atoms with Gasteiger partial charge in [-0.1, -0.05) is 11.6 Å². The number of halogens is 1. The Bertz CT molecular complexity index is 506. The molecule has 0 saturated carbocycles. The van der Waals surface area contributed by atoms with Gasteiger partial charge in [0, 0.05) is 18.2 Å². The van der Waals surface area contributed by atoms with Crippen molar-refractivity contribution in [2.75, 3.05) is 0 Å². The second-order valence-electron chi connectivity index (χ2n) is 3.74. The topological polar surface area (TPSA) is 122 Å². The molecule has 1 aromatic heterocycles. The second kappa shape index (κ2) is 6.69. The monoisotopic (exact) mass is 285 g/mol. The quantitative estimate of drug-likeness (QED) is 0.644. The number of carbonyl (C=O) groups is 3. The number of carboxylic acids is 1. The van der Waals surface area contributed by atoms with Gasteiger partial charge in [-0.05, 0) is 18.6 Å². The average Bonchev–Trinajstić information content (AvgIpc) is 2.33. The molecule has 0 aliphatic heterocycles. The van der Waals surface area contributed by atoms with Crippen LogP contribution in [0.2, 0.25) is 5.15 Å². The number of rotatable bonds is 6. The predicted octanol–water partition coefficient (Wildman–Crippen LogP) is 0.183. The van der Waals surface area contributed by atoms with E-state index >= 15 is 0 Å². The third-order valence-electron chi connectivity index (χ3n) is 2.27. The number of nitrogens with two attached hydrogens (primary N) is 1. The minimum Gasteiger partial charge on any atom is -0.480 e. The van der Waals surface area contributed by atoms with E-state index in [2.05, 4.69) is 10.3 Å². The molecule has 0 radical (unpaired) electrons. The second-order valence-corrected chi connectivity index (χ2v) is 4.12. The van der Waals surface area contributed by atoms with Crippen molar-refractivity contribution in [2.45, 2.75) is 18.9 Å². The summed E-state index contributed by atoms with van der Waals surface area (Å²) in [5, 5.41) is 11.3. The molecule has 1 heterocycles. The molecule has 0 saturated heterocycles. The lowest BCUT2D eigenvalue weighted by Gasteiger charge is -2.13. The molecular weight excluding hydrogens is 274 g/mol. The van der Waals surface area contributed by atoms with Gasteiger partial charge in [0.15, 0.2) is 0 Å². The molecule has 8 heteroatoms. The van der Waals surface area contributed by atoms with E-state index in [1.54, 1.807) is 0 Å². The highest BCUT2D eigenvalue weighted by Gasteiger charge is 2.21. The summed E-state index contributed by atoms with van der Waals surface area (Å²) in [4.78, 5) is 37.0. The normalized spacial score (nSPS) is 11.6. The van der Waals surface area contributed by atoms with Gasteiger partial charge in [-0.15, -0.1) is 0 Å². The summed E-state index contributed by atoms with van der Waals surface area (Å²) in [7, 11) is 0. The molecule has 0 aliphatic carbocycles. The third-order valence-corrected chi connectivity index (χ3v) is 2.48. The lowest BCUT2D eigenvalue weighted by molar-refractivity contribution is -0.139. The number of amides is 2. The van der Waals surface area contributed by atoms with Crippen molar-refractivity contribution in [1.82, 2.24) is 10.3 Å². The summed E-state index contributed by atoms with van der Waals surface area (Å²) in [6.45, 7) is 0. The maximum atomic E-state index is 11.8. The van der Waals surface area contributed by atoms with Crippen molar-refractivity contribution in [1.29, 1.82) is 0 Å². The summed E-state index contributed by atoms with van der Waals surface area (Å²) in [5.41, 5.74) is 5.12. The van der Waals surface area contributed by atoms with Crippen LogP contribution < -0.4 is 11.1 Å². The fourth-order valence-corrected chi connectivity index (χ4v) is 1.50. The minimum atomic E-state index is -1.24. The molecule has 1 aromatic rings. The number of carbonyl (C=O) groups excluding carboxylic acids is 2. The Kier molecular flexibility index (Phi) is 5.25. The Morgan fingerprint density at radius 3 is 2.68 bits per heavy atom. The van der Waals surface area contributed by atoms with Crippen LogP contribution in [0.15, 0.2) is 18.3 Å². The van der Waals surface area contributed by atoms with Crippen LogP contribution in [0.4, 0.5) is 0 Å². The van der Waals surface area contributed by atoms with Crippen LogP contribution in [0.3, 0.4) is 0 Å². The minimum absolute atomic E-state index is 0.0742. The maximum Gasteiger partial charge on any atom is 0.326 e. The molecule has 1 rings (SSSR count). The first-order valence-electron chi connectivity index (χ1n) is 5.33. The zero-order valence-corrected chi connectivity index (χ0v) is 10.6. The molecule has 4 N–H and O–H groups in total. The van der Waals surface area contributed by atoms with Gasteiger partial charge < -0.3 is 16.2 Å². The van der Waals surface area contributed by atoms with Crippen LogP contribution in [0.25, 0.3) is 0 Å². The standard InChI is InChI=1S/C11H12ClN3O4/c12-8-5-6(3-4-14-8)10(17)15-7(11(18)19)1-2-9(13)16/h3-5,7H,1-2H2,(H2,13,16)(H,15,17)(H,18,19). The van der Waals surface area contributed by atoms with Crippen LogP contribution in [0, 0.1) is 0 Å². The van der Waals surface area contributed by atoms with E-state index in [1.807, 2.05) is 0 Å². The number of primary amides is 1. The fourth-order valence-electron chi connectivity index (χ4n) is 1.33. The molecule has 0 aromatic carbocycles. The Morgan fingerprint density at radius 1 is 1.47 bits per heavy atom. The molecule has 0 bridgehead atoms. The SMILES string of the molecule is NC(=O)CCC(NC(=O)c1ccnc(Cl)c1)C(=O)O. The highest BCUT2D eigenvalue weighted by molar-refractivity contribution is 6.29. The van der Waals surface area contributed by atoms with Crippen molar-refractivity contribution in [3.63, 3.8) is 0 Å². The number of hydrogen-bond donors (Lipinski definition) is 3. The van der Waals surface area contributed by atoms with E-state index in [9.17, 15) is 14.4 Å². The van der Waals surface area contributed by atoms with E-state index in [0.717, 1.165) is 0 Å². The van der Waals surface area contributed by atoms with Gasteiger partial charge in [0.25, 0.3) is 5.91 Å². The van der Waals surface area contributed by atoms with Crippen molar-refractivity contribution in [3.05, 3.63) is 29.0 Å². The Labute approximate surface area is 113 Å². The Morgan fingerprint density at radius 2 is 2.16 bits per heavy atom. The summed E-state index contributed by atoms with van der Waals surface area (Å²) in [6.07, 6.45) is 1.12. The Balaban J connectivity index is 2.71. The molecule has 1 atom stereocenters. The zero-order valence-electron chi connectivity index (χ0n) is 9.80. The first-order valence-corrected chi connectivity index (χ1v) is 5.71. The number of hydrogen-bond acceptors (Lipinski definition) is 4. The lowest BCUT2D eigenvalue weighted by Crippen LogP contribution is -2.41. The summed E-state index contributed by atoms with van der Waals surface area (Å²) in [5.74, 6) is -2.48. The molecule has 19 heavy (non-hydrogen) atoms. The first-order chi connectivity index (χ1) is 8.90. The smallest absolute Gasteiger partial charge is 0.326 e. The molecule has 0 aliphatic rings. The number of aromatic nitrogens is 1. The largest absolute Gasteiger partial charge is 0.480 e. The number of nitrogens with zero attached hydrogens (tertiary/aromatic N) is 1. The van der Waals surface area contributed by atoms with Gasteiger partial charge in [-0.25, -0.2) is 9.78 Å². The molecule has 102 valence electrons. The summed E-state index contributed by atoms with van der Waals surface area (Å²) >= 11 is 5.62. The van der Waals surface area contributed by atoms with Crippen LogP contribution in [-0.4, -0.2) is 33.9 Å². The zero-order chi connectivity index (χ0) is 14.4. The average molecular weight is 286 g/mol. The summed E-state index contributed by atoms with van der Waals surface area (Å²) < 4.78 is 0. The van der Waals surface area contributed by atoms with Gasteiger partial charge in [0.1, 0.15) is 11.2 Å². The first kappa shape index (κ1) is 14.9. The van der Waals surface area contributed by atoms with Crippen LogP contribution in [0.5, 0.6) is 0 Å². The molecule has 0 fully saturated rings. The van der Waals surface area contributed by atoms with Crippen LogP contribution in [0.1, 0.15) is 23.2 Å². The van der Waals surface area contributed by atoms with E-state index in [-0.39, 0.29) is 23.6 Å². The van der Waals surface area contributed by atoms with Crippen LogP contribution in [-0.2, 0) is 9.59 Å². The van der Waals surface area contributed by atoms with Crippen LogP contribution >= 0.6 is 11.6 Å². The number of carboxylic acid groups (broad SMARTS) is 1. The van der Waals surface area contributed by atoms with E-state index in [0.29, 0.717) is 0 Å². The third kappa shape index (κ3) is 4.92. The number of pyridine rings is 1. The van der Waals surface area contributed by atoms with E-state index in [4.69, 9.17) is 22.4 Å².